The van der Waals surface area contributed by atoms with E-state index in [1.807, 2.05) is 56.4 Å². The first-order valence-corrected chi connectivity index (χ1v) is 10.9. The molecule has 0 aliphatic carbocycles. The number of methoxy groups -OCH3 is 1. The van der Waals surface area contributed by atoms with Crippen molar-refractivity contribution in [1.82, 2.24) is 9.97 Å². The molecule has 0 bridgehead atoms. The molecule has 0 aliphatic rings. The summed E-state index contributed by atoms with van der Waals surface area (Å²) in [6, 6.07) is 16.1. The van der Waals surface area contributed by atoms with E-state index in [0.29, 0.717) is 13.0 Å². The van der Waals surface area contributed by atoms with Crippen LogP contribution in [0, 0.1) is 0 Å². The number of anilines is 2. The number of rotatable bonds is 11. The van der Waals surface area contributed by atoms with E-state index in [9.17, 15) is 4.79 Å². The molecule has 0 radical (unpaired) electrons. The Kier molecular flexibility index (Phi) is 8.21. The van der Waals surface area contributed by atoms with E-state index in [1.54, 1.807) is 7.11 Å². The van der Waals surface area contributed by atoms with Gasteiger partial charge in [-0.25, -0.2) is 9.97 Å². The summed E-state index contributed by atoms with van der Waals surface area (Å²) in [5.74, 6) is 2.47. The van der Waals surface area contributed by atoms with E-state index >= 15 is 0 Å². The standard InChI is InChI=1S/C25H31N3O3/c1-4-31-24(29)14-8-6-5-7-13-23-26-22-12-10-9-11-21(22)25(27-23)28(2)19-15-17-20(30-3)18-16-19/h9-12,15-18H,4-8,13-14H2,1-3H3. The Balaban J connectivity index is 1.68. The molecule has 0 aliphatic heterocycles. The summed E-state index contributed by atoms with van der Waals surface area (Å²) < 4.78 is 10.2. The first-order valence-electron chi connectivity index (χ1n) is 10.9. The average Bonchev–Trinajstić information content (AvgIpc) is 2.80. The molecule has 0 spiro atoms. The van der Waals surface area contributed by atoms with Gasteiger partial charge in [0.1, 0.15) is 17.4 Å². The van der Waals surface area contributed by atoms with Gasteiger partial charge in [-0.1, -0.05) is 25.0 Å². The Bertz CT molecular complexity index is 989. The average molecular weight is 422 g/mol. The van der Waals surface area contributed by atoms with Crippen molar-refractivity contribution in [1.29, 1.82) is 0 Å². The Labute approximate surface area is 184 Å². The maximum absolute atomic E-state index is 11.4. The number of carbonyl (C=O) groups excluding carboxylic acids is 1. The van der Waals surface area contributed by atoms with Gasteiger partial charge >= 0.3 is 5.97 Å². The smallest absolute Gasteiger partial charge is 0.305 e. The molecule has 3 aromatic rings. The fraction of sp³-hybridized carbons (Fsp3) is 0.400. The van der Waals surface area contributed by atoms with Crippen molar-refractivity contribution in [2.75, 3.05) is 25.7 Å². The maximum atomic E-state index is 11.4. The summed E-state index contributed by atoms with van der Waals surface area (Å²) >= 11 is 0. The van der Waals surface area contributed by atoms with Gasteiger partial charge in [0.05, 0.1) is 19.2 Å². The first kappa shape index (κ1) is 22.5. The summed E-state index contributed by atoms with van der Waals surface area (Å²) in [7, 11) is 3.69. The summed E-state index contributed by atoms with van der Waals surface area (Å²) in [4.78, 5) is 23.2. The van der Waals surface area contributed by atoms with Crippen molar-refractivity contribution in [2.24, 2.45) is 0 Å². The molecule has 0 unspecified atom stereocenters. The van der Waals surface area contributed by atoms with Crippen LogP contribution in [0.1, 0.15) is 44.9 Å². The van der Waals surface area contributed by atoms with E-state index < -0.39 is 0 Å². The van der Waals surface area contributed by atoms with Crippen molar-refractivity contribution in [3.63, 3.8) is 0 Å². The molecular weight excluding hydrogens is 390 g/mol. The Morgan fingerprint density at radius 2 is 1.71 bits per heavy atom. The summed E-state index contributed by atoms with van der Waals surface area (Å²) in [5, 5.41) is 1.03. The molecule has 0 atom stereocenters. The van der Waals surface area contributed by atoms with Crippen LogP contribution in [-0.2, 0) is 16.0 Å². The third-order valence-electron chi connectivity index (χ3n) is 5.24. The number of aryl methyl sites for hydroxylation is 1. The maximum Gasteiger partial charge on any atom is 0.305 e. The molecule has 3 rings (SSSR count). The van der Waals surface area contributed by atoms with Gasteiger partial charge < -0.3 is 14.4 Å². The minimum Gasteiger partial charge on any atom is -0.497 e. The molecule has 0 N–H and O–H groups in total. The number of unbranched alkanes of at least 4 members (excludes halogenated alkanes) is 3. The molecule has 164 valence electrons. The van der Waals surface area contributed by atoms with E-state index in [1.165, 1.54) is 0 Å². The fourth-order valence-corrected chi connectivity index (χ4v) is 3.54. The second-order valence-corrected chi connectivity index (χ2v) is 7.46. The van der Waals surface area contributed by atoms with Crippen molar-refractivity contribution >= 4 is 28.4 Å². The first-order chi connectivity index (χ1) is 15.1. The van der Waals surface area contributed by atoms with Gasteiger partial charge in [0.15, 0.2) is 0 Å². The predicted octanol–water partition coefficient (Wildman–Crippen LogP) is 5.46. The SMILES string of the molecule is CCOC(=O)CCCCCCc1nc(N(C)c2ccc(OC)cc2)c2ccccc2n1. The third kappa shape index (κ3) is 6.17. The van der Waals surface area contributed by atoms with Crippen LogP contribution in [0.3, 0.4) is 0 Å². The molecule has 2 aromatic carbocycles. The van der Waals surface area contributed by atoms with Gasteiger partial charge in [-0.05, 0) is 56.2 Å². The van der Waals surface area contributed by atoms with Gasteiger partial charge in [0.25, 0.3) is 0 Å². The molecule has 1 heterocycles. The molecule has 0 fully saturated rings. The second-order valence-electron chi connectivity index (χ2n) is 7.46. The lowest BCUT2D eigenvalue weighted by Gasteiger charge is -2.21. The number of hydrogen-bond donors (Lipinski definition) is 0. The minimum absolute atomic E-state index is 0.105. The van der Waals surface area contributed by atoms with Crippen LogP contribution in [-0.4, -0.2) is 36.7 Å². The van der Waals surface area contributed by atoms with E-state index in [2.05, 4.69) is 11.0 Å². The summed E-state index contributed by atoms with van der Waals surface area (Å²) in [5.41, 5.74) is 1.99. The Morgan fingerprint density at radius 3 is 2.45 bits per heavy atom. The normalized spacial score (nSPS) is 10.8. The zero-order chi connectivity index (χ0) is 22.1. The second kappa shape index (κ2) is 11.3. The van der Waals surface area contributed by atoms with Gasteiger partial charge in [0.2, 0.25) is 0 Å². The van der Waals surface area contributed by atoms with Crippen molar-refractivity contribution in [2.45, 2.75) is 45.4 Å². The minimum atomic E-state index is -0.105. The molecule has 1 aromatic heterocycles. The van der Waals surface area contributed by atoms with Gasteiger partial charge in [-0.3, -0.25) is 4.79 Å². The highest BCUT2D eigenvalue weighted by Gasteiger charge is 2.13. The van der Waals surface area contributed by atoms with Crippen LogP contribution in [0.25, 0.3) is 10.9 Å². The Morgan fingerprint density at radius 1 is 0.968 bits per heavy atom. The monoisotopic (exact) mass is 421 g/mol. The largest absolute Gasteiger partial charge is 0.497 e. The number of fused-ring (bicyclic) bond motifs is 1. The lowest BCUT2D eigenvalue weighted by molar-refractivity contribution is -0.143. The number of nitrogens with zero attached hydrogens (tertiary/aromatic N) is 3. The number of benzene rings is 2. The number of para-hydroxylation sites is 1. The highest BCUT2D eigenvalue weighted by Crippen LogP contribution is 2.30. The zero-order valence-electron chi connectivity index (χ0n) is 18.6. The fourth-order valence-electron chi connectivity index (χ4n) is 3.54. The van der Waals surface area contributed by atoms with E-state index in [-0.39, 0.29) is 5.97 Å². The van der Waals surface area contributed by atoms with Crippen molar-refractivity contribution in [3.8, 4) is 5.75 Å². The van der Waals surface area contributed by atoms with Crippen molar-refractivity contribution < 1.29 is 14.3 Å². The van der Waals surface area contributed by atoms with Crippen LogP contribution in [0.4, 0.5) is 11.5 Å². The van der Waals surface area contributed by atoms with E-state index in [0.717, 1.165) is 66.1 Å². The number of esters is 1. The molecule has 6 heteroatoms. The number of ether oxygens (including phenoxy) is 2. The highest BCUT2D eigenvalue weighted by atomic mass is 16.5. The molecule has 0 amide bonds. The van der Waals surface area contributed by atoms with Crippen LogP contribution < -0.4 is 9.64 Å². The summed E-state index contributed by atoms with van der Waals surface area (Å²) in [6.07, 6.45) is 5.21. The molecule has 31 heavy (non-hydrogen) atoms. The van der Waals surface area contributed by atoms with Gasteiger partial charge in [0, 0.05) is 31.0 Å². The lowest BCUT2D eigenvalue weighted by Crippen LogP contribution is -2.13. The van der Waals surface area contributed by atoms with Gasteiger partial charge in [-0.15, -0.1) is 0 Å². The molecular formula is C25H31N3O3. The van der Waals surface area contributed by atoms with E-state index in [4.69, 9.17) is 19.4 Å². The summed E-state index contributed by atoms with van der Waals surface area (Å²) in [6.45, 7) is 2.28. The van der Waals surface area contributed by atoms with Crippen LogP contribution in [0.5, 0.6) is 5.75 Å². The predicted molar refractivity (Wildman–Crippen MR) is 124 cm³/mol. The third-order valence-corrected chi connectivity index (χ3v) is 5.24. The topological polar surface area (TPSA) is 64.5 Å². The number of aromatic nitrogens is 2. The highest BCUT2D eigenvalue weighted by molar-refractivity contribution is 5.91. The molecule has 0 saturated carbocycles. The zero-order valence-corrected chi connectivity index (χ0v) is 18.6. The molecule has 0 saturated heterocycles. The van der Waals surface area contributed by atoms with Gasteiger partial charge in [-0.2, -0.15) is 0 Å². The van der Waals surface area contributed by atoms with Crippen LogP contribution in [0.2, 0.25) is 0 Å². The number of hydrogen-bond acceptors (Lipinski definition) is 6. The Hall–Kier alpha value is -3.15. The number of carbonyl (C=O) groups is 1. The van der Waals surface area contributed by atoms with Crippen LogP contribution >= 0.6 is 0 Å². The van der Waals surface area contributed by atoms with Crippen LogP contribution in [0.15, 0.2) is 48.5 Å². The van der Waals surface area contributed by atoms with Crippen molar-refractivity contribution in [3.05, 3.63) is 54.4 Å². The quantitative estimate of drug-likeness (QED) is 0.302. The molecule has 6 nitrogen and oxygen atoms in total. The lowest BCUT2D eigenvalue weighted by atomic mass is 10.1.